The minimum atomic E-state index is -5.25. The SMILES string of the molecule is O=C1CCCC(=O)[O][Sn]2([O]1)[O]C(=O)CCCC(=O)[O]2. The Labute approximate surface area is 114 Å². The number of carbonyl (C=O) groups excluding carboxylic acids is 4. The first-order valence-corrected chi connectivity index (χ1v) is 10.5. The fraction of sp³-hybridized carbons (Fsp3) is 0.600. The van der Waals surface area contributed by atoms with E-state index in [2.05, 4.69) is 0 Å². The van der Waals surface area contributed by atoms with Crippen LogP contribution in [0.5, 0.6) is 0 Å². The molecule has 0 unspecified atom stereocenters. The van der Waals surface area contributed by atoms with Crippen LogP contribution in [0.3, 0.4) is 0 Å². The molecule has 1 spiro atoms. The summed E-state index contributed by atoms with van der Waals surface area (Å²) in [7, 11) is 0. The van der Waals surface area contributed by atoms with Gasteiger partial charge in [-0.1, -0.05) is 0 Å². The van der Waals surface area contributed by atoms with Crippen LogP contribution in [0.15, 0.2) is 0 Å². The van der Waals surface area contributed by atoms with Crippen LogP contribution in [0.1, 0.15) is 38.5 Å². The van der Waals surface area contributed by atoms with Crippen molar-refractivity contribution in [2.24, 2.45) is 0 Å². The van der Waals surface area contributed by atoms with Crippen LogP contribution < -0.4 is 0 Å². The summed E-state index contributed by atoms with van der Waals surface area (Å²) in [5, 5.41) is 0. The molecule has 0 aromatic rings. The van der Waals surface area contributed by atoms with Gasteiger partial charge in [-0.05, 0) is 0 Å². The van der Waals surface area contributed by atoms with Crippen LogP contribution in [0.2, 0.25) is 0 Å². The minimum absolute atomic E-state index is 0.0110. The Hall–Kier alpha value is -1.32. The summed E-state index contributed by atoms with van der Waals surface area (Å²) in [6.45, 7) is 0. The van der Waals surface area contributed by atoms with Crippen molar-refractivity contribution >= 4 is 43.9 Å². The van der Waals surface area contributed by atoms with E-state index in [0.29, 0.717) is 0 Å². The molecule has 2 aliphatic rings. The first-order valence-electron chi connectivity index (χ1n) is 5.86. The molecule has 2 fully saturated rings. The molecule has 2 heterocycles. The molecule has 0 amide bonds. The van der Waals surface area contributed by atoms with Gasteiger partial charge in [0.1, 0.15) is 0 Å². The fourth-order valence-corrected chi connectivity index (χ4v) is 6.70. The van der Waals surface area contributed by atoms with Gasteiger partial charge >= 0.3 is 114 Å². The van der Waals surface area contributed by atoms with Gasteiger partial charge in [0.05, 0.1) is 0 Å². The van der Waals surface area contributed by atoms with Gasteiger partial charge in [0.25, 0.3) is 0 Å². The Bertz CT molecular complexity index is 352. The average Bonchev–Trinajstić information content (AvgIpc) is 2.24. The van der Waals surface area contributed by atoms with E-state index in [4.69, 9.17) is 12.3 Å². The van der Waals surface area contributed by atoms with E-state index in [-0.39, 0.29) is 38.5 Å². The van der Waals surface area contributed by atoms with Gasteiger partial charge < -0.3 is 0 Å². The molecule has 19 heavy (non-hydrogen) atoms. The fourth-order valence-electron chi connectivity index (χ4n) is 1.64. The molecule has 0 aliphatic carbocycles. The molecule has 0 N–H and O–H groups in total. The molecule has 0 aromatic heterocycles. The van der Waals surface area contributed by atoms with Crippen molar-refractivity contribution in [3.05, 3.63) is 0 Å². The molecule has 2 rings (SSSR count). The first-order chi connectivity index (χ1) is 8.99. The average molecular weight is 379 g/mol. The van der Waals surface area contributed by atoms with Crippen LogP contribution in [-0.2, 0) is 31.5 Å². The van der Waals surface area contributed by atoms with E-state index < -0.39 is 43.9 Å². The maximum absolute atomic E-state index is 11.5. The Balaban J connectivity index is 2.25. The third-order valence-electron chi connectivity index (χ3n) is 2.48. The van der Waals surface area contributed by atoms with E-state index in [1.54, 1.807) is 0 Å². The second-order valence-electron chi connectivity index (χ2n) is 4.10. The third-order valence-corrected chi connectivity index (χ3v) is 7.93. The summed E-state index contributed by atoms with van der Waals surface area (Å²) < 4.78 is 19.6. The number of hydrogen-bond acceptors (Lipinski definition) is 8. The summed E-state index contributed by atoms with van der Waals surface area (Å²) in [5.41, 5.74) is 0. The third kappa shape index (κ3) is 3.82. The van der Waals surface area contributed by atoms with Crippen molar-refractivity contribution in [3.63, 3.8) is 0 Å². The zero-order valence-corrected chi connectivity index (χ0v) is 12.9. The molecule has 9 heteroatoms. The predicted molar refractivity (Wildman–Crippen MR) is 57.8 cm³/mol. The van der Waals surface area contributed by atoms with Gasteiger partial charge in [0.15, 0.2) is 0 Å². The van der Waals surface area contributed by atoms with Crippen molar-refractivity contribution in [1.29, 1.82) is 0 Å². The zero-order valence-electron chi connectivity index (χ0n) is 10.0. The normalized spacial score (nSPS) is 24.0. The van der Waals surface area contributed by atoms with E-state index >= 15 is 0 Å². The van der Waals surface area contributed by atoms with E-state index in [1.165, 1.54) is 0 Å². The van der Waals surface area contributed by atoms with Crippen molar-refractivity contribution in [3.8, 4) is 0 Å². The van der Waals surface area contributed by atoms with Crippen molar-refractivity contribution in [2.75, 3.05) is 0 Å². The number of hydrogen-bond donors (Lipinski definition) is 0. The molecule has 0 radical (unpaired) electrons. The molecule has 8 nitrogen and oxygen atoms in total. The Kier molecular flexibility index (Phi) is 4.27. The topological polar surface area (TPSA) is 105 Å². The van der Waals surface area contributed by atoms with Crippen LogP contribution in [-0.4, -0.2) is 43.9 Å². The molecule has 0 bridgehead atoms. The standard InChI is InChI=1S/2C5H8O4.Sn/c2*6-4(7)2-1-3-5(8)9;/h2*1-3H2,(H,6,7)(H,8,9);/q;;+4/p-4. The van der Waals surface area contributed by atoms with Gasteiger partial charge in [-0.15, -0.1) is 0 Å². The van der Waals surface area contributed by atoms with Crippen LogP contribution in [0.25, 0.3) is 0 Å². The molecule has 0 aromatic carbocycles. The van der Waals surface area contributed by atoms with Crippen molar-refractivity contribution in [1.82, 2.24) is 0 Å². The molecule has 2 saturated heterocycles. The van der Waals surface area contributed by atoms with Crippen LogP contribution in [0.4, 0.5) is 0 Å². The zero-order chi connectivity index (χ0) is 13.9. The van der Waals surface area contributed by atoms with E-state index in [1.807, 2.05) is 0 Å². The summed E-state index contributed by atoms with van der Waals surface area (Å²) in [4.78, 5) is 45.9. The second kappa shape index (κ2) is 5.76. The van der Waals surface area contributed by atoms with Gasteiger partial charge in [-0.25, -0.2) is 0 Å². The summed E-state index contributed by atoms with van der Waals surface area (Å²) >= 11 is -5.25. The van der Waals surface area contributed by atoms with Crippen molar-refractivity contribution in [2.45, 2.75) is 38.5 Å². The Morgan fingerprint density at radius 3 is 1.11 bits per heavy atom. The molecule has 104 valence electrons. The first kappa shape index (κ1) is 14.1. The van der Waals surface area contributed by atoms with Gasteiger partial charge in [0.2, 0.25) is 0 Å². The van der Waals surface area contributed by atoms with Gasteiger partial charge in [0, 0.05) is 0 Å². The molecular weight excluding hydrogens is 367 g/mol. The predicted octanol–water partition coefficient (Wildman–Crippen LogP) is -0.0374. The quantitative estimate of drug-likeness (QED) is 0.541. The summed E-state index contributed by atoms with van der Waals surface area (Å²) in [6.07, 6.45) is 0.514. The maximum atomic E-state index is 11.5. The molecule has 0 atom stereocenters. The van der Waals surface area contributed by atoms with Gasteiger partial charge in [-0.3, -0.25) is 0 Å². The van der Waals surface area contributed by atoms with Crippen molar-refractivity contribution < 1.29 is 31.5 Å². The van der Waals surface area contributed by atoms with Crippen LogP contribution in [0, 0.1) is 0 Å². The molecule has 0 saturated carbocycles. The molecular formula is C10H12O8Sn. The second-order valence-corrected chi connectivity index (χ2v) is 9.29. The Morgan fingerprint density at radius 2 is 0.842 bits per heavy atom. The van der Waals surface area contributed by atoms with Gasteiger partial charge in [-0.2, -0.15) is 0 Å². The summed E-state index contributed by atoms with van der Waals surface area (Å²) in [5.74, 6) is -2.76. The van der Waals surface area contributed by atoms with E-state index in [0.717, 1.165) is 0 Å². The molecule has 2 aliphatic heterocycles. The summed E-state index contributed by atoms with van der Waals surface area (Å²) in [6, 6.07) is 0. The monoisotopic (exact) mass is 380 g/mol. The number of rotatable bonds is 0. The van der Waals surface area contributed by atoms with Crippen LogP contribution >= 0.6 is 0 Å². The number of carbonyl (C=O) groups is 4. The van der Waals surface area contributed by atoms with E-state index in [9.17, 15) is 19.2 Å². The Morgan fingerprint density at radius 1 is 0.579 bits per heavy atom.